The Kier molecular flexibility index (Phi) is 4.10. The highest BCUT2D eigenvalue weighted by Gasteiger charge is 2.13. The molecule has 116 valence electrons. The van der Waals surface area contributed by atoms with E-state index >= 15 is 0 Å². The Labute approximate surface area is 134 Å². The molecule has 5 nitrogen and oxygen atoms in total. The summed E-state index contributed by atoms with van der Waals surface area (Å²) in [6.07, 6.45) is 1.76. The molecule has 0 spiro atoms. The van der Waals surface area contributed by atoms with E-state index in [9.17, 15) is 4.79 Å². The summed E-state index contributed by atoms with van der Waals surface area (Å²) in [5, 5.41) is 7.16. The molecule has 0 aliphatic heterocycles. The number of hydrogen-bond donors (Lipinski definition) is 1. The first-order chi connectivity index (χ1) is 11.2. The molecule has 3 aromatic rings. The van der Waals surface area contributed by atoms with Crippen molar-refractivity contribution in [2.45, 2.75) is 6.92 Å². The molecule has 1 heterocycles. The normalized spacial score (nSPS) is 10.3. The van der Waals surface area contributed by atoms with Crippen molar-refractivity contribution in [3.05, 3.63) is 72.1 Å². The SMILES string of the molecule is COc1ccc(C)cc1NC(=O)c1ccn(-c2ccccc2)n1. The summed E-state index contributed by atoms with van der Waals surface area (Å²) in [6.45, 7) is 1.96. The van der Waals surface area contributed by atoms with Crippen LogP contribution < -0.4 is 10.1 Å². The molecule has 2 aromatic carbocycles. The predicted molar refractivity (Wildman–Crippen MR) is 89.2 cm³/mol. The molecule has 5 heteroatoms. The number of rotatable bonds is 4. The zero-order chi connectivity index (χ0) is 16.2. The lowest BCUT2D eigenvalue weighted by Crippen LogP contribution is -2.14. The zero-order valence-corrected chi connectivity index (χ0v) is 13.0. The number of aromatic nitrogens is 2. The molecule has 1 amide bonds. The average Bonchev–Trinajstić information content (AvgIpc) is 3.06. The third-order valence-electron chi connectivity index (χ3n) is 3.45. The van der Waals surface area contributed by atoms with Crippen LogP contribution in [0.1, 0.15) is 16.1 Å². The van der Waals surface area contributed by atoms with Crippen LogP contribution in [0, 0.1) is 6.92 Å². The number of benzene rings is 2. The van der Waals surface area contributed by atoms with E-state index in [4.69, 9.17) is 4.74 Å². The van der Waals surface area contributed by atoms with Crippen LogP contribution in [0.15, 0.2) is 60.8 Å². The van der Waals surface area contributed by atoms with Crippen molar-refractivity contribution in [2.24, 2.45) is 0 Å². The number of carbonyl (C=O) groups excluding carboxylic acids is 1. The highest BCUT2D eigenvalue weighted by atomic mass is 16.5. The van der Waals surface area contributed by atoms with Gasteiger partial charge in [-0.3, -0.25) is 4.79 Å². The van der Waals surface area contributed by atoms with Gasteiger partial charge in [0.05, 0.1) is 18.5 Å². The minimum Gasteiger partial charge on any atom is -0.495 e. The predicted octanol–water partition coefficient (Wildman–Crippen LogP) is 3.44. The number of nitrogens with one attached hydrogen (secondary N) is 1. The molecule has 0 saturated heterocycles. The van der Waals surface area contributed by atoms with Gasteiger partial charge in [0, 0.05) is 6.20 Å². The fourth-order valence-electron chi connectivity index (χ4n) is 2.28. The second-order valence-electron chi connectivity index (χ2n) is 5.14. The van der Waals surface area contributed by atoms with Gasteiger partial charge in [0.15, 0.2) is 5.69 Å². The van der Waals surface area contributed by atoms with Gasteiger partial charge in [-0.15, -0.1) is 0 Å². The maximum atomic E-state index is 12.4. The van der Waals surface area contributed by atoms with Gasteiger partial charge in [0.1, 0.15) is 5.75 Å². The van der Waals surface area contributed by atoms with Gasteiger partial charge in [0.2, 0.25) is 0 Å². The van der Waals surface area contributed by atoms with Crippen molar-refractivity contribution < 1.29 is 9.53 Å². The summed E-state index contributed by atoms with van der Waals surface area (Å²) in [6, 6.07) is 16.9. The van der Waals surface area contributed by atoms with E-state index in [-0.39, 0.29) is 5.91 Å². The highest BCUT2D eigenvalue weighted by molar-refractivity contribution is 6.03. The average molecular weight is 307 g/mol. The molecule has 23 heavy (non-hydrogen) atoms. The first kappa shape index (κ1) is 14.8. The number of aryl methyl sites for hydroxylation is 1. The van der Waals surface area contributed by atoms with Gasteiger partial charge in [-0.2, -0.15) is 5.10 Å². The topological polar surface area (TPSA) is 56.1 Å². The van der Waals surface area contributed by atoms with Crippen LogP contribution in [0.25, 0.3) is 5.69 Å². The van der Waals surface area contributed by atoms with E-state index in [1.165, 1.54) is 0 Å². The molecular formula is C18H17N3O2. The molecule has 0 aliphatic carbocycles. The van der Waals surface area contributed by atoms with Gasteiger partial charge in [-0.05, 0) is 42.8 Å². The van der Waals surface area contributed by atoms with Crippen molar-refractivity contribution in [3.8, 4) is 11.4 Å². The van der Waals surface area contributed by atoms with Crippen LogP contribution >= 0.6 is 0 Å². The number of ether oxygens (including phenoxy) is 1. The molecule has 0 atom stereocenters. The van der Waals surface area contributed by atoms with Gasteiger partial charge in [-0.1, -0.05) is 24.3 Å². The highest BCUT2D eigenvalue weighted by Crippen LogP contribution is 2.25. The Morgan fingerprint density at radius 2 is 1.91 bits per heavy atom. The van der Waals surface area contributed by atoms with Crippen LogP contribution in [-0.4, -0.2) is 22.8 Å². The standard InChI is InChI=1S/C18H17N3O2/c1-13-8-9-17(23-2)16(12-13)19-18(22)15-10-11-21(20-15)14-6-4-3-5-7-14/h3-12H,1-2H3,(H,19,22). The van der Waals surface area contributed by atoms with Crippen LogP contribution in [0.3, 0.4) is 0 Å². The lowest BCUT2D eigenvalue weighted by molar-refractivity contribution is 0.102. The van der Waals surface area contributed by atoms with Crippen LogP contribution in [-0.2, 0) is 0 Å². The summed E-state index contributed by atoms with van der Waals surface area (Å²) in [7, 11) is 1.57. The molecule has 0 unspecified atom stereocenters. The quantitative estimate of drug-likeness (QED) is 0.803. The largest absolute Gasteiger partial charge is 0.495 e. The molecule has 0 bridgehead atoms. The lowest BCUT2D eigenvalue weighted by Gasteiger charge is -2.10. The van der Waals surface area contributed by atoms with E-state index in [1.54, 1.807) is 24.1 Å². The van der Waals surface area contributed by atoms with E-state index in [0.717, 1.165) is 11.3 Å². The first-order valence-electron chi connectivity index (χ1n) is 7.24. The van der Waals surface area contributed by atoms with E-state index in [2.05, 4.69) is 10.4 Å². The zero-order valence-electron chi connectivity index (χ0n) is 13.0. The molecule has 1 N–H and O–H groups in total. The van der Waals surface area contributed by atoms with Gasteiger partial charge in [0.25, 0.3) is 5.91 Å². The Morgan fingerprint density at radius 3 is 2.65 bits per heavy atom. The van der Waals surface area contributed by atoms with Gasteiger partial charge >= 0.3 is 0 Å². The van der Waals surface area contributed by atoms with Crippen molar-refractivity contribution in [1.82, 2.24) is 9.78 Å². The molecule has 3 rings (SSSR count). The summed E-state index contributed by atoms with van der Waals surface area (Å²) in [4.78, 5) is 12.4. The Bertz CT molecular complexity index is 825. The third kappa shape index (κ3) is 3.23. The van der Waals surface area contributed by atoms with E-state index in [1.807, 2.05) is 55.5 Å². The number of carbonyl (C=O) groups is 1. The maximum absolute atomic E-state index is 12.4. The number of para-hydroxylation sites is 1. The van der Waals surface area contributed by atoms with Crippen molar-refractivity contribution in [2.75, 3.05) is 12.4 Å². The van der Waals surface area contributed by atoms with Crippen molar-refractivity contribution in [3.63, 3.8) is 0 Å². The first-order valence-corrected chi connectivity index (χ1v) is 7.24. The number of anilines is 1. The molecule has 1 aromatic heterocycles. The van der Waals surface area contributed by atoms with Crippen LogP contribution in [0.4, 0.5) is 5.69 Å². The number of methoxy groups -OCH3 is 1. The number of hydrogen-bond acceptors (Lipinski definition) is 3. The third-order valence-corrected chi connectivity index (χ3v) is 3.45. The second-order valence-corrected chi connectivity index (χ2v) is 5.14. The van der Waals surface area contributed by atoms with E-state index < -0.39 is 0 Å². The molecule has 0 saturated carbocycles. The fraction of sp³-hybridized carbons (Fsp3) is 0.111. The number of nitrogens with zero attached hydrogens (tertiary/aromatic N) is 2. The molecule has 0 aliphatic rings. The van der Waals surface area contributed by atoms with Crippen molar-refractivity contribution >= 4 is 11.6 Å². The summed E-state index contributed by atoms with van der Waals surface area (Å²) < 4.78 is 6.94. The van der Waals surface area contributed by atoms with E-state index in [0.29, 0.717) is 17.1 Å². The Morgan fingerprint density at radius 1 is 1.13 bits per heavy atom. The minimum atomic E-state index is -0.274. The van der Waals surface area contributed by atoms with Gasteiger partial charge < -0.3 is 10.1 Å². The number of amides is 1. The molecule has 0 radical (unpaired) electrons. The monoisotopic (exact) mass is 307 g/mol. The summed E-state index contributed by atoms with van der Waals surface area (Å²) >= 11 is 0. The smallest absolute Gasteiger partial charge is 0.276 e. The molecule has 0 fully saturated rings. The summed E-state index contributed by atoms with van der Waals surface area (Å²) in [5.74, 6) is 0.343. The lowest BCUT2D eigenvalue weighted by atomic mass is 10.2. The fourth-order valence-corrected chi connectivity index (χ4v) is 2.28. The van der Waals surface area contributed by atoms with Gasteiger partial charge in [-0.25, -0.2) is 4.68 Å². The Hall–Kier alpha value is -3.08. The van der Waals surface area contributed by atoms with Crippen LogP contribution in [0.5, 0.6) is 5.75 Å². The second kappa shape index (κ2) is 6.36. The van der Waals surface area contributed by atoms with Crippen LogP contribution in [0.2, 0.25) is 0 Å². The Balaban J connectivity index is 1.82. The molecular weight excluding hydrogens is 290 g/mol. The summed E-state index contributed by atoms with van der Waals surface area (Å²) in [5.41, 5.74) is 2.92. The minimum absolute atomic E-state index is 0.274. The maximum Gasteiger partial charge on any atom is 0.276 e. The van der Waals surface area contributed by atoms with Crippen molar-refractivity contribution in [1.29, 1.82) is 0 Å².